The third-order valence-electron chi connectivity index (χ3n) is 1.62. The van der Waals surface area contributed by atoms with Gasteiger partial charge >= 0.3 is 0 Å². The Morgan fingerprint density at radius 3 is 2.92 bits per heavy atom. The van der Waals surface area contributed by atoms with Crippen molar-refractivity contribution < 1.29 is 4.74 Å². The number of rotatable bonds is 3. The zero-order chi connectivity index (χ0) is 9.68. The molecule has 0 amide bonds. The molecule has 0 aromatic carbocycles. The number of nitrogens with zero attached hydrogens (tertiary/aromatic N) is 2. The van der Waals surface area contributed by atoms with Gasteiger partial charge < -0.3 is 10.1 Å². The molecule has 4 nitrogen and oxygen atoms in total. The summed E-state index contributed by atoms with van der Waals surface area (Å²) in [6.07, 6.45) is 6.72. The largest absolute Gasteiger partial charge is 0.481 e. The molecule has 0 fully saturated rings. The van der Waals surface area contributed by atoms with E-state index in [9.17, 15) is 0 Å². The summed E-state index contributed by atoms with van der Waals surface area (Å²) in [4.78, 5) is 7.91. The maximum absolute atomic E-state index is 5.29. The standard InChI is InChI=1S/C9H11N3O/c1-4-7(10-2)8-5-9(13-3)12-6-11-8/h1,5-7,10H,2-3H3. The first-order valence-electron chi connectivity index (χ1n) is 3.81. The van der Waals surface area contributed by atoms with Gasteiger partial charge in [-0.1, -0.05) is 5.92 Å². The van der Waals surface area contributed by atoms with E-state index >= 15 is 0 Å². The second-order valence-corrected chi connectivity index (χ2v) is 2.37. The number of hydrogen-bond donors (Lipinski definition) is 1. The van der Waals surface area contributed by atoms with Crippen molar-refractivity contribution in [3.63, 3.8) is 0 Å². The minimum atomic E-state index is -0.197. The van der Waals surface area contributed by atoms with Crippen LogP contribution in [-0.4, -0.2) is 24.1 Å². The summed E-state index contributed by atoms with van der Waals surface area (Å²) in [5, 5.41) is 2.94. The maximum Gasteiger partial charge on any atom is 0.216 e. The van der Waals surface area contributed by atoms with E-state index < -0.39 is 0 Å². The summed E-state index contributed by atoms with van der Waals surface area (Å²) in [6.45, 7) is 0. The number of ether oxygens (including phenoxy) is 1. The third kappa shape index (κ3) is 2.17. The minimum absolute atomic E-state index is 0.197. The topological polar surface area (TPSA) is 47.0 Å². The summed E-state index contributed by atoms with van der Waals surface area (Å²) in [5.41, 5.74) is 0.733. The molecular weight excluding hydrogens is 166 g/mol. The Hall–Kier alpha value is -1.60. The molecule has 4 heteroatoms. The molecule has 1 atom stereocenters. The van der Waals surface area contributed by atoms with E-state index in [0.717, 1.165) is 5.69 Å². The monoisotopic (exact) mass is 177 g/mol. The molecule has 0 aliphatic rings. The van der Waals surface area contributed by atoms with Crippen LogP contribution in [0.3, 0.4) is 0 Å². The summed E-state index contributed by atoms with van der Waals surface area (Å²) in [7, 11) is 3.33. The van der Waals surface area contributed by atoms with Crippen molar-refractivity contribution in [2.45, 2.75) is 6.04 Å². The van der Waals surface area contributed by atoms with Gasteiger partial charge in [0.15, 0.2) is 0 Å². The van der Waals surface area contributed by atoms with Crippen LogP contribution in [0.5, 0.6) is 5.88 Å². The SMILES string of the molecule is C#CC(NC)c1cc(OC)ncn1. The van der Waals surface area contributed by atoms with Crippen molar-refractivity contribution in [2.75, 3.05) is 14.2 Å². The average Bonchev–Trinajstić information content (AvgIpc) is 2.20. The van der Waals surface area contributed by atoms with Crippen molar-refractivity contribution in [3.8, 4) is 18.2 Å². The fourth-order valence-corrected chi connectivity index (χ4v) is 0.940. The van der Waals surface area contributed by atoms with E-state index in [1.807, 2.05) is 0 Å². The number of terminal acetylenes is 1. The van der Waals surface area contributed by atoms with Crippen LogP contribution in [0.15, 0.2) is 12.4 Å². The molecule has 1 aromatic heterocycles. The quantitative estimate of drug-likeness (QED) is 0.678. The van der Waals surface area contributed by atoms with Crippen molar-refractivity contribution in [1.82, 2.24) is 15.3 Å². The Bertz CT molecular complexity index is 319. The molecule has 1 aromatic rings. The normalized spacial score (nSPS) is 11.8. The van der Waals surface area contributed by atoms with Gasteiger partial charge in [0.2, 0.25) is 5.88 Å². The van der Waals surface area contributed by atoms with Gasteiger partial charge in [0, 0.05) is 6.07 Å². The highest BCUT2D eigenvalue weighted by molar-refractivity contribution is 5.22. The van der Waals surface area contributed by atoms with Crippen molar-refractivity contribution in [3.05, 3.63) is 18.1 Å². The van der Waals surface area contributed by atoms with Crippen molar-refractivity contribution in [2.24, 2.45) is 0 Å². The zero-order valence-electron chi connectivity index (χ0n) is 7.61. The first-order valence-corrected chi connectivity index (χ1v) is 3.81. The molecule has 1 N–H and O–H groups in total. The molecule has 0 bridgehead atoms. The van der Waals surface area contributed by atoms with Gasteiger partial charge in [-0.05, 0) is 7.05 Å². The van der Waals surface area contributed by atoms with Gasteiger partial charge in [-0.2, -0.15) is 0 Å². The Balaban J connectivity index is 2.94. The average molecular weight is 177 g/mol. The molecule has 13 heavy (non-hydrogen) atoms. The fourth-order valence-electron chi connectivity index (χ4n) is 0.940. The van der Waals surface area contributed by atoms with E-state index in [0.29, 0.717) is 5.88 Å². The van der Waals surface area contributed by atoms with Gasteiger partial charge in [-0.25, -0.2) is 9.97 Å². The van der Waals surface area contributed by atoms with Crippen LogP contribution in [0, 0.1) is 12.3 Å². The van der Waals surface area contributed by atoms with Gasteiger partial charge in [0.1, 0.15) is 12.4 Å². The molecule has 0 saturated carbocycles. The Labute approximate surface area is 77.4 Å². The molecule has 0 saturated heterocycles. The third-order valence-corrected chi connectivity index (χ3v) is 1.62. The Morgan fingerprint density at radius 2 is 2.38 bits per heavy atom. The minimum Gasteiger partial charge on any atom is -0.481 e. The van der Waals surface area contributed by atoms with Crippen LogP contribution in [0.1, 0.15) is 11.7 Å². The van der Waals surface area contributed by atoms with Crippen LogP contribution in [0.25, 0.3) is 0 Å². The predicted octanol–water partition coefficient (Wildman–Crippen LogP) is 0.379. The lowest BCUT2D eigenvalue weighted by atomic mass is 10.2. The maximum atomic E-state index is 5.29. The van der Waals surface area contributed by atoms with E-state index in [1.165, 1.54) is 6.33 Å². The smallest absolute Gasteiger partial charge is 0.216 e. The van der Waals surface area contributed by atoms with Crippen LogP contribution in [0.2, 0.25) is 0 Å². The van der Waals surface area contributed by atoms with E-state index in [1.54, 1.807) is 20.2 Å². The fraction of sp³-hybridized carbons (Fsp3) is 0.333. The first kappa shape index (κ1) is 9.49. The highest BCUT2D eigenvalue weighted by Gasteiger charge is 2.07. The summed E-state index contributed by atoms with van der Waals surface area (Å²) in [5.74, 6) is 3.08. The molecule has 68 valence electrons. The number of hydrogen-bond acceptors (Lipinski definition) is 4. The lowest BCUT2D eigenvalue weighted by Crippen LogP contribution is -2.15. The molecule has 1 unspecified atom stereocenters. The Morgan fingerprint density at radius 1 is 1.62 bits per heavy atom. The molecular formula is C9H11N3O. The number of aromatic nitrogens is 2. The molecule has 0 aliphatic heterocycles. The molecule has 0 radical (unpaired) electrons. The van der Waals surface area contributed by atoms with E-state index in [2.05, 4.69) is 21.2 Å². The van der Waals surface area contributed by atoms with Gasteiger partial charge in [0.05, 0.1) is 12.8 Å². The molecule has 1 heterocycles. The first-order chi connectivity index (χ1) is 6.31. The van der Waals surface area contributed by atoms with Crippen LogP contribution >= 0.6 is 0 Å². The van der Waals surface area contributed by atoms with Crippen LogP contribution < -0.4 is 10.1 Å². The highest BCUT2D eigenvalue weighted by atomic mass is 16.5. The molecule has 0 spiro atoms. The van der Waals surface area contributed by atoms with Crippen molar-refractivity contribution >= 4 is 0 Å². The second kappa shape index (κ2) is 4.43. The van der Waals surface area contributed by atoms with Crippen LogP contribution in [0.4, 0.5) is 0 Å². The lowest BCUT2D eigenvalue weighted by molar-refractivity contribution is 0.395. The van der Waals surface area contributed by atoms with Crippen LogP contribution in [-0.2, 0) is 0 Å². The summed E-state index contributed by atoms with van der Waals surface area (Å²) in [6, 6.07) is 1.51. The van der Waals surface area contributed by atoms with E-state index in [4.69, 9.17) is 11.2 Å². The lowest BCUT2D eigenvalue weighted by Gasteiger charge is -2.08. The van der Waals surface area contributed by atoms with Gasteiger partial charge in [-0.15, -0.1) is 6.42 Å². The second-order valence-electron chi connectivity index (χ2n) is 2.37. The zero-order valence-corrected chi connectivity index (χ0v) is 7.61. The van der Waals surface area contributed by atoms with Gasteiger partial charge in [-0.3, -0.25) is 0 Å². The summed E-state index contributed by atoms with van der Waals surface area (Å²) >= 11 is 0. The Kier molecular flexibility index (Phi) is 3.23. The van der Waals surface area contributed by atoms with E-state index in [-0.39, 0.29) is 6.04 Å². The number of methoxy groups -OCH3 is 1. The highest BCUT2D eigenvalue weighted by Crippen LogP contribution is 2.12. The summed E-state index contributed by atoms with van der Waals surface area (Å²) < 4.78 is 4.95. The molecule has 1 rings (SSSR count). The predicted molar refractivity (Wildman–Crippen MR) is 49.2 cm³/mol. The number of nitrogens with one attached hydrogen (secondary N) is 1. The van der Waals surface area contributed by atoms with Crippen molar-refractivity contribution in [1.29, 1.82) is 0 Å². The molecule has 0 aliphatic carbocycles. The van der Waals surface area contributed by atoms with Gasteiger partial charge in [0.25, 0.3) is 0 Å².